The summed E-state index contributed by atoms with van der Waals surface area (Å²) in [6.45, 7) is 15.2. The molecule has 0 aromatic carbocycles. The first-order valence-corrected chi connectivity index (χ1v) is 7.09. The van der Waals surface area contributed by atoms with Crippen LogP contribution in [0, 0.1) is 6.92 Å². The van der Waals surface area contributed by atoms with Crippen molar-refractivity contribution in [3.8, 4) is 0 Å². The van der Waals surface area contributed by atoms with Crippen molar-refractivity contribution in [3.05, 3.63) is 6.92 Å². The summed E-state index contributed by atoms with van der Waals surface area (Å²) in [5, 5.41) is 0. The van der Waals surface area contributed by atoms with E-state index >= 15 is 0 Å². The molecule has 4 nitrogen and oxygen atoms in total. The van der Waals surface area contributed by atoms with E-state index in [0.717, 1.165) is 26.2 Å². The molecule has 0 saturated heterocycles. The molecule has 109 valence electrons. The molecule has 0 N–H and O–H groups in total. The Bertz CT molecular complexity index is 150. The molecule has 0 aromatic heterocycles. The summed E-state index contributed by atoms with van der Waals surface area (Å²) in [4.78, 5) is 2.45. The average molecular weight is 260 g/mol. The average Bonchev–Trinajstić information content (AvgIpc) is 2.37. The first-order chi connectivity index (χ1) is 8.85. The van der Waals surface area contributed by atoms with E-state index in [4.69, 9.17) is 14.2 Å². The summed E-state index contributed by atoms with van der Waals surface area (Å²) in [5.74, 6) is 0. The molecule has 0 aliphatic rings. The molecule has 0 unspecified atom stereocenters. The smallest absolute Gasteiger partial charge is 0.0701 e. The van der Waals surface area contributed by atoms with Crippen molar-refractivity contribution in [1.82, 2.24) is 4.90 Å². The molecule has 4 heteroatoms. The zero-order valence-electron chi connectivity index (χ0n) is 12.2. The highest BCUT2D eigenvalue weighted by atomic mass is 16.5. The van der Waals surface area contributed by atoms with Gasteiger partial charge in [0.05, 0.1) is 33.0 Å². The van der Waals surface area contributed by atoms with E-state index < -0.39 is 0 Å². The second-order valence-corrected chi connectivity index (χ2v) is 4.18. The first kappa shape index (κ1) is 17.8. The molecule has 0 rings (SSSR count). The zero-order chi connectivity index (χ0) is 13.5. The summed E-state index contributed by atoms with van der Waals surface area (Å²) in [7, 11) is 0. The minimum atomic E-state index is 0.505. The van der Waals surface area contributed by atoms with Gasteiger partial charge in [-0.05, 0) is 32.9 Å². The molecular formula is C14H30NO3. The highest BCUT2D eigenvalue weighted by Gasteiger charge is 2.01. The van der Waals surface area contributed by atoms with Gasteiger partial charge in [-0.2, -0.15) is 0 Å². The highest BCUT2D eigenvalue weighted by molar-refractivity contribution is 4.55. The van der Waals surface area contributed by atoms with Crippen LogP contribution in [0.3, 0.4) is 0 Å². The lowest BCUT2D eigenvalue weighted by atomic mass is 10.3. The van der Waals surface area contributed by atoms with Gasteiger partial charge in [0.15, 0.2) is 0 Å². The topological polar surface area (TPSA) is 30.9 Å². The maximum absolute atomic E-state index is 5.54. The molecular weight excluding hydrogens is 230 g/mol. The van der Waals surface area contributed by atoms with E-state index in [2.05, 4.69) is 25.7 Å². The molecule has 0 aliphatic heterocycles. The van der Waals surface area contributed by atoms with Crippen LogP contribution in [0.5, 0.6) is 0 Å². The molecule has 0 spiro atoms. The van der Waals surface area contributed by atoms with Gasteiger partial charge < -0.3 is 19.1 Å². The van der Waals surface area contributed by atoms with Gasteiger partial charge >= 0.3 is 0 Å². The Kier molecular flexibility index (Phi) is 14.8. The predicted octanol–water partition coefficient (Wildman–Crippen LogP) is 1.99. The zero-order valence-corrected chi connectivity index (χ0v) is 12.2. The molecule has 0 fully saturated rings. The van der Waals surface area contributed by atoms with Crippen molar-refractivity contribution < 1.29 is 14.2 Å². The van der Waals surface area contributed by atoms with Crippen molar-refractivity contribution in [1.29, 1.82) is 0 Å². The Morgan fingerprint density at radius 3 is 1.72 bits per heavy atom. The largest absolute Gasteiger partial charge is 0.379 e. The fourth-order valence-corrected chi connectivity index (χ4v) is 1.70. The fraction of sp³-hybridized carbons (Fsp3) is 0.929. The lowest BCUT2D eigenvalue weighted by molar-refractivity contribution is 0.0147. The Labute approximate surface area is 113 Å². The second-order valence-electron chi connectivity index (χ2n) is 4.18. The van der Waals surface area contributed by atoms with Crippen LogP contribution in [0.15, 0.2) is 0 Å². The van der Waals surface area contributed by atoms with E-state index in [0.29, 0.717) is 33.0 Å². The van der Waals surface area contributed by atoms with Gasteiger partial charge in [-0.25, -0.2) is 0 Å². The minimum Gasteiger partial charge on any atom is -0.379 e. The third-order valence-electron chi connectivity index (χ3n) is 2.52. The van der Waals surface area contributed by atoms with Crippen LogP contribution in [0.2, 0.25) is 0 Å². The summed E-state index contributed by atoms with van der Waals surface area (Å²) < 4.78 is 16.0. The van der Waals surface area contributed by atoms with Crippen LogP contribution in [-0.2, 0) is 14.2 Å². The number of rotatable bonds is 14. The molecule has 0 amide bonds. The van der Waals surface area contributed by atoms with Crippen molar-refractivity contribution in [3.63, 3.8) is 0 Å². The number of hydrogen-bond acceptors (Lipinski definition) is 4. The van der Waals surface area contributed by atoms with E-state index in [9.17, 15) is 0 Å². The van der Waals surface area contributed by atoms with Crippen LogP contribution < -0.4 is 0 Å². The summed E-state index contributed by atoms with van der Waals surface area (Å²) in [6, 6.07) is 0. The number of hydrogen-bond donors (Lipinski definition) is 0. The Hall–Kier alpha value is -0.160. The quantitative estimate of drug-likeness (QED) is 0.447. The van der Waals surface area contributed by atoms with Gasteiger partial charge in [0.1, 0.15) is 0 Å². The maximum atomic E-state index is 5.54. The number of ether oxygens (including phenoxy) is 3. The second kappa shape index (κ2) is 14.9. The van der Waals surface area contributed by atoms with Gasteiger partial charge in [-0.1, -0.05) is 13.8 Å². The van der Waals surface area contributed by atoms with Crippen molar-refractivity contribution in [2.75, 3.05) is 59.3 Å². The van der Waals surface area contributed by atoms with Gasteiger partial charge in [-0.3, -0.25) is 0 Å². The summed E-state index contributed by atoms with van der Waals surface area (Å²) in [6.07, 6.45) is 2.41. The van der Waals surface area contributed by atoms with E-state index in [1.165, 1.54) is 12.8 Å². The van der Waals surface area contributed by atoms with Crippen LogP contribution in [0.4, 0.5) is 0 Å². The third kappa shape index (κ3) is 12.3. The molecule has 0 heterocycles. The summed E-state index contributed by atoms with van der Waals surface area (Å²) in [5.41, 5.74) is 0. The van der Waals surface area contributed by atoms with Crippen LogP contribution in [-0.4, -0.2) is 64.2 Å². The van der Waals surface area contributed by atoms with Gasteiger partial charge in [-0.15, -0.1) is 0 Å². The van der Waals surface area contributed by atoms with Crippen molar-refractivity contribution in [2.45, 2.75) is 26.7 Å². The molecule has 0 saturated carbocycles. The normalized spacial score (nSPS) is 11.3. The van der Waals surface area contributed by atoms with Crippen LogP contribution in [0.25, 0.3) is 0 Å². The van der Waals surface area contributed by atoms with Crippen LogP contribution in [0.1, 0.15) is 26.7 Å². The van der Waals surface area contributed by atoms with E-state index in [-0.39, 0.29) is 0 Å². The Balaban J connectivity index is 3.21. The predicted molar refractivity (Wildman–Crippen MR) is 74.8 cm³/mol. The fourth-order valence-electron chi connectivity index (χ4n) is 1.70. The molecule has 0 aliphatic carbocycles. The maximum Gasteiger partial charge on any atom is 0.0701 e. The lowest BCUT2D eigenvalue weighted by Crippen LogP contribution is -2.29. The van der Waals surface area contributed by atoms with E-state index in [1.807, 2.05) is 0 Å². The van der Waals surface area contributed by atoms with Gasteiger partial charge in [0.2, 0.25) is 0 Å². The van der Waals surface area contributed by atoms with Crippen LogP contribution >= 0.6 is 0 Å². The minimum absolute atomic E-state index is 0.505. The molecule has 1 radical (unpaired) electrons. The molecule has 18 heavy (non-hydrogen) atoms. The van der Waals surface area contributed by atoms with Gasteiger partial charge in [0.25, 0.3) is 0 Å². The monoisotopic (exact) mass is 260 g/mol. The Morgan fingerprint density at radius 2 is 1.22 bits per heavy atom. The van der Waals surface area contributed by atoms with E-state index in [1.54, 1.807) is 0 Å². The summed E-state index contributed by atoms with van der Waals surface area (Å²) >= 11 is 0. The first-order valence-electron chi connectivity index (χ1n) is 7.09. The van der Waals surface area contributed by atoms with Crippen molar-refractivity contribution >= 4 is 0 Å². The molecule has 0 bridgehead atoms. The third-order valence-corrected chi connectivity index (χ3v) is 2.52. The Morgan fingerprint density at radius 1 is 0.722 bits per heavy atom. The standard InChI is InChI=1S/C14H30NO3/c1-4-7-15(8-5-2)9-10-17-13-14-18-12-11-16-6-3/h3-14H2,1-2H3. The number of nitrogens with zero attached hydrogens (tertiary/aromatic N) is 1. The molecule has 0 aromatic rings. The van der Waals surface area contributed by atoms with Crippen molar-refractivity contribution in [2.24, 2.45) is 0 Å². The highest BCUT2D eigenvalue weighted by Crippen LogP contribution is 1.94. The van der Waals surface area contributed by atoms with Gasteiger partial charge in [0, 0.05) is 13.2 Å². The lowest BCUT2D eigenvalue weighted by Gasteiger charge is -2.20. The molecule has 0 atom stereocenters. The SMILES string of the molecule is [CH2]COCCOCCOCCN(CCC)CCC.